The number of carbonyl (C=O) groups excluding carboxylic acids is 7. The van der Waals surface area contributed by atoms with E-state index in [1.54, 1.807) is 52.0 Å². The number of amides is 7. The molecule has 27 nitrogen and oxygen atoms in total. The highest BCUT2D eigenvalue weighted by atomic mass is 16.7. The number of rotatable bonds is 25. The number of phenols is 1. The highest BCUT2D eigenvalue weighted by Gasteiger charge is 2.34. The number of guanidine groups is 1. The molecule has 1 saturated heterocycles. The summed E-state index contributed by atoms with van der Waals surface area (Å²) in [6.45, 7) is 6.90. The molecule has 0 aromatic heterocycles. The Kier molecular flexibility index (Phi) is 25.1. The van der Waals surface area contributed by atoms with E-state index in [4.69, 9.17) is 25.8 Å². The number of benzene rings is 2. The third-order valence-corrected chi connectivity index (χ3v) is 10.7. The van der Waals surface area contributed by atoms with Crippen LogP contribution in [-0.2, 0) is 54.3 Å². The summed E-state index contributed by atoms with van der Waals surface area (Å²) < 4.78 is 12.0. The predicted octanol–water partition coefficient (Wildman–Crippen LogP) is -0.526. The third-order valence-electron chi connectivity index (χ3n) is 10.7. The fraction of sp³-hybridized carbons (Fsp3) is 0.532. The lowest BCUT2D eigenvalue weighted by atomic mass is 10.0. The van der Waals surface area contributed by atoms with Crippen LogP contribution in [0, 0.1) is 0 Å². The molecule has 1 aliphatic rings. The number of aliphatic imine (C=N–C) groups is 1. The van der Waals surface area contributed by atoms with E-state index in [1.807, 2.05) is 6.07 Å². The van der Waals surface area contributed by atoms with Gasteiger partial charge in [0.1, 0.15) is 29.9 Å². The van der Waals surface area contributed by atoms with Crippen molar-refractivity contribution in [2.24, 2.45) is 31.8 Å². The Balaban J connectivity index is 1.61. The Morgan fingerprint density at radius 3 is 2.05 bits per heavy atom. The molecule has 0 aliphatic carbocycles. The zero-order valence-corrected chi connectivity index (χ0v) is 42.2. The maximum atomic E-state index is 14.1. The number of nitrogens with zero attached hydrogens (tertiary/aromatic N) is 4. The highest BCUT2D eigenvalue weighted by molar-refractivity contribution is 5.99. The zero-order valence-electron chi connectivity index (χ0n) is 42.2. The van der Waals surface area contributed by atoms with E-state index in [-0.39, 0.29) is 94.8 Å². The van der Waals surface area contributed by atoms with Crippen molar-refractivity contribution in [3.63, 3.8) is 0 Å². The number of hydrogen-bond acceptors (Lipinski definition) is 16. The molecule has 3 rings (SSSR count). The van der Waals surface area contributed by atoms with Crippen molar-refractivity contribution in [2.45, 2.75) is 114 Å². The molecule has 0 spiro atoms. The van der Waals surface area contributed by atoms with Gasteiger partial charge in [-0.05, 0) is 77.5 Å². The number of aliphatic carboxylic acids is 1. The van der Waals surface area contributed by atoms with Crippen LogP contribution >= 0.6 is 0 Å². The van der Waals surface area contributed by atoms with Gasteiger partial charge in [-0.2, -0.15) is 5.11 Å². The Morgan fingerprint density at radius 1 is 0.757 bits per heavy atom. The lowest BCUT2D eigenvalue weighted by Crippen LogP contribution is -2.58. The van der Waals surface area contributed by atoms with Crippen molar-refractivity contribution in [1.29, 1.82) is 0 Å². The average Bonchev–Trinajstić information content (AvgIpc) is 3.34. The van der Waals surface area contributed by atoms with Crippen molar-refractivity contribution in [3.05, 3.63) is 65.7 Å². The lowest BCUT2D eigenvalue weighted by Gasteiger charge is -2.31. The van der Waals surface area contributed by atoms with Gasteiger partial charge in [0, 0.05) is 38.7 Å². The van der Waals surface area contributed by atoms with Crippen LogP contribution < -0.4 is 54.3 Å². The van der Waals surface area contributed by atoms with Crippen LogP contribution in [0.4, 0.5) is 4.79 Å². The number of ether oxygens (including phenoxy) is 2. The number of carboxylic acid groups (broad SMARTS) is 1. The van der Waals surface area contributed by atoms with Crippen LogP contribution in [0.1, 0.15) is 83.8 Å². The number of unbranched alkanes of at least 4 members (excludes halogenated alkanes) is 1. The van der Waals surface area contributed by atoms with E-state index >= 15 is 0 Å². The molecule has 27 heteroatoms. The molecule has 74 heavy (non-hydrogen) atoms. The van der Waals surface area contributed by atoms with Gasteiger partial charge >= 0.3 is 12.1 Å². The van der Waals surface area contributed by atoms with Crippen molar-refractivity contribution in [1.82, 2.24) is 42.8 Å². The number of hydrazone groups is 1. The smallest absolute Gasteiger partial charge is 0.432 e. The molecule has 0 radical (unpaired) electrons. The number of aromatic hydroxyl groups is 1. The second-order valence-corrected chi connectivity index (χ2v) is 18.1. The molecule has 1 aliphatic heterocycles. The summed E-state index contributed by atoms with van der Waals surface area (Å²) in [5.41, 5.74) is 12.4. The topological polar surface area (TPSA) is 402 Å². The molecule has 1 fully saturated rings. The van der Waals surface area contributed by atoms with E-state index < -0.39 is 89.9 Å². The van der Waals surface area contributed by atoms with Gasteiger partial charge in [0.15, 0.2) is 5.96 Å². The third kappa shape index (κ3) is 24.0. The number of carbonyl (C=O) groups is 8. The SMILES string of the molecule is CN=NC(=NNOC(=O)NCCOC(C)(C)COC(C)(C)CC(=O)NCCCCC1NC(=O)[C@@H](Cc2ccc(O)cc2)NC(=O)[C@H](CC(=O)O)NC(=O)CNC(=O)[C@H](CCCN=C(N)N)NC1=O)c1ccccc1. The van der Waals surface area contributed by atoms with E-state index in [2.05, 4.69) is 63.1 Å². The van der Waals surface area contributed by atoms with Crippen molar-refractivity contribution >= 4 is 59.3 Å². The quantitative estimate of drug-likeness (QED) is 0.0196. The number of phenolic OH excluding ortho intramolecular Hbond substituents is 1. The molecule has 0 saturated carbocycles. The van der Waals surface area contributed by atoms with Crippen molar-refractivity contribution < 1.29 is 62.9 Å². The summed E-state index contributed by atoms with van der Waals surface area (Å²) in [5.74, 6) is -6.21. The summed E-state index contributed by atoms with van der Waals surface area (Å²) in [6.07, 6.45) is -1.11. The normalized spacial score (nSPS) is 18.3. The zero-order chi connectivity index (χ0) is 54.7. The lowest BCUT2D eigenvalue weighted by molar-refractivity contribution is -0.141. The Morgan fingerprint density at radius 2 is 1.39 bits per heavy atom. The van der Waals surface area contributed by atoms with Gasteiger partial charge in [-0.3, -0.25) is 38.6 Å². The van der Waals surface area contributed by atoms with E-state index in [0.717, 1.165) is 0 Å². The number of azo groups is 1. The largest absolute Gasteiger partial charge is 0.508 e. The molecule has 2 aromatic carbocycles. The Bertz CT molecular complexity index is 2290. The molecule has 2 aromatic rings. The molecular formula is C47H70N14O13. The van der Waals surface area contributed by atoms with Gasteiger partial charge in [-0.1, -0.05) is 42.5 Å². The number of nitrogens with one attached hydrogen (secondary N) is 8. The van der Waals surface area contributed by atoms with E-state index in [1.165, 1.54) is 31.3 Å². The average molecular weight is 1040 g/mol. The fourth-order valence-corrected chi connectivity index (χ4v) is 6.92. The summed E-state index contributed by atoms with van der Waals surface area (Å²) >= 11 is 0. The van der Waals surface area contributed by atoms with Gasteiger partial charge < -0.3 is 73.2 Å². The van der Waals surface area contributed by atoms with Crippen LogP contribution in [0.3, 0.4) is 0 Å². The van der Waals surface area contributed by atoms with Crippen LogP contribution in [0.25, 0.3) is 0 Å². The molecule has 1 heterocycles. The molecule has 0 bridgehead atoms. The Labute approximate surface area is 428 Å². The van der Waals surface area contributed by atoms with Crippen LogP contribution in [0.2, 0.25) is 0 Å². The van der Waals surface area contributed by atoms with Crippen molar-refractivity contribution in [3.8, 4) is 5.75 Å². The van der Waals surface area contributed by atoms with Gasteiger partial charge in [0.05, 0.1) is 43.8 Å². The number of hydrogen-bond donors (Lipinski definition) is 12. The predicted molar refractivity (Wildman–Crippen MR) is 268 cm³/mol. The van der Waals surface area contributed by atoms with Crippen LogP contribution in [0.15, 0.2) is 74.9 Å². The monoisotopic (exact) mass is 1040 g/mol. The molecule has 7 amide bonds. The molecule has 4 atom stereocenters. The van der Waals surface area contributed by atoms with Crippen molar-refractivity contribution in [2.75, 3.05) is 46.4 Å². The minimum absolute atomic E-state index is 0.00534. The molecular weight excluding hydrogens is 969 g/mol. The first-order chi connectivity index (χ1) is 35.1. The number of nitrogens with two attached hydrogens (primary N) is 2. The summed E-state index contributed by atoms with van der Waals surface area (Å²) in [6, 6.07) is 9.03. The maximum Gasteiger partial charge on any atom is 0.432 e. The standard InChI is InChI=1S/C47H70N14O13/c1-46(2,73-28-47(3,4)72-23-22-53-45(71)74-61-60-39(59-50-5)30-12-7-6-8-13-30)26-36(63)51-20-10-9-14-33-41(68)56-32(15-11-21-52-44(48)49)40(67)54-27-37(64)55-35(25-38(65)66)43(70)58-34(42(69)57-33)24-29-16-18-31(62)19-17-29/h6-8,12-13,16-19,32-35,61-62H,9-11,14-15,20-28H2,1-5H3,(H,51,63)(H,53,71)(H,54,67)(H,55,64)(H,56,68)(H,57,69)(H,58,70)(H,65,66)(H4,48,49,52)/t32-,33?,34+,35-/m0/s1. The second-order valence-electron chi connectivity index (χ2n) is 18.1. The molecule has 1 unspecified atom stereocenters. The highest BCUT2D eigenvalue weighted by Crippen LogP contribution is 2.20. The molecule has 14 N–H and O–H groups in total. The second kappa shape index (κ2) is 30.8. The van der Waals surface area contributed by atoms with Crippen LogP contribution in [-0.4, -0.2) is 151 Å². The minimum atomic E-state index is -1.67. The van der Waals surface area contributed by atoms with E-state index in [9.17, 15) is 48.6 Å². The van der Waals surface area contributed by atoms with Gasteiger partial charge in [-0.25, -0.2) is 4.79 Å². The first-order valence-electron chi connectivity index (χ1n) is 23.8. The summed E-state index contributed by atoms with van der Waals surface area (Å²) in [7, 11) is 1.48. The van der Waals surface area contributed by atoms with Gasteiger partial charge in [-0.15, -0.1) is 15.8 Å². The Hall–Kier alpha value is -7.94. The minimum Gasteiger partial charge on any atom is -0.508 e. The number of carboxylic acids is 1. The summed E-state index contributed by atoms with van der Waals surface area (Å²) in [5, 5.41) is 48.8. The number of amidine groups is 1. The first-order valence-corrected chi connectivity index (χ1v) is 23.8. The first kappa shape index (κ1) is 60.4. The fourth-order valence-electron chi connectivity index (χ4n) is 6.92. The van der Waals surface area contributed by atoms with Gasteiger partial charge in [0.2, 0.25) is 41.3 Å². The maximum absolute atomic E-state index is 14.1. The molecule has 406 valence electrons. The van der Waals surface area contributed by atoms with Gasteiger partial charge in [0.25, 0.3) is 0 Å². The van der Waals surface area contributed by atoms with E-state index in [0.29, 0.717) is 17.5 Å². The summed E-state index contributed by atoms with van der Waals surface area (Å²) in [4.78, 5) is 114. The van der Waals surface area contributed by atoms with Crippen LogP contribution in [0.5, 0.6) is 5.75 Å².